The highest BCUT2D eigenvalue weighted by Crippen LogP contribution is 2.22. The molecule has 128 valence electrons. The number of fused-ring (bicyclic) bond motifs is 1. The van der Waals surface area contributed by atoms with Gasteiger partial charge in [0.05, 0.1) is 5.69 Å². The number of aryl methyl sites for hydroxylation is 1. The summed E-state index contributed by atoms with van der Waals surface area (Å²) in [6.45, 7) is 0. The van der Waals surface area contributed by atoms with Crippen molar-refractivity contribution in [1.82, 2.24) is 24.1 Å². The zero-order valence-corrected chi connectivity index (χ0v) is 13.8. The number of para-hydroxylation sites is 1. The van der Waals surface area contributed by atoms with E-state index in [4.69, 9.17) is 5.73 Å². The lowest BCUT2D eigenvalue weighted by molar-refractivity contribution is 0.0997. The quantitative estimate of drug-likeness (QED) is 0.601. The van der Waals surface area contributed by atoms with Crippen LogP contribution in [0.2, 0.25) is 0 Å². The smallest absolute Gasteiger partial charge is 0.334 e. The number of benzene rings is 1. The number of rotatable bonds is 3. The largest absolute Gasteiger partial charge is 0.364 e. The standard InChI is InChI=1S/C18H14N6O2/c1-23-14-13(15(19)25)21-16(11-6-5-9-20-10-11)22-17(14)24(18(23)26)12-7-3-2-4-8-12/h2-10H,1H3,(H2,19,25). The molecule has 0 aliphatic rings. The minimum atomic E-state index is -0.733. The number of primary amides is 1. The van der Waals surface area contributed by atoms with Crippen molar-refractivity contribution in [3.63, 3.8) is 0 Å². The van der Waals surface area contributed by atoms with E-state index in [0.29, 0.717) is 22.4 Å². The average Bonchev–Trinajstić information content (AvgIpc) is 2.93. The van der Waals surface area contributed by atoms with Crippen molar-refractivity contribution >= 4 is 17.1 Å². The summed E-state index contributed by atoms with van der Waals surface area (Å²) in [6.07, 6.45) is 3.21. The van der Waals surface area contributed by atoms with Gasteiger partial charge in [-0.15, -0.1) is 0 Å². The molecule has 0 aliphatic heterocycles. The molecule has 0 saturated carbocycles. The molecule has 8 heteroatoms. The Balaban J connectivity index is 2.14. The molecule has 4 rings (SSSR count). The molecule has 0 radical (unpaired) electrons. The molecule has 0 spiro atoms. The van der Waals surface area contributed by atoms with Gasteiger partial charge in [0, 0.05) is 25.0 Å². The fraction of sp³-hybridized carbons (Fsp3) is 0.0556. The highest BCUT2D eigenvalue weighted by atomic mass is 16.2. The molecule has 1 amide bonds. The van der Waals surface area contributed by atoms with E-state index in [1.54, 1.807) is 43.7 Å². The van der Waals surface area contributed by atoms with Gasteiger partial charge in [0.1, 0.15) is 5.52 Å². The van der Waals surface area contributed by atoms with Crippen LogP contribution in [0, 0.1) is 0 Å². The minimum Gasteiger partial charge on any atom is -0.364 e. The van der Waals surface area contributed by atoms with Gasteiger partial charge in [-0.2, -0.15) is 0 Å². The molecule has 3 aromatic heterocycles. The molecule has 26 heavy (non-hydrogen) atoms. The maximum Gasteiger partial charge on any atom is 0.334 e. The first-order valence-corrected chi connectivity index (χ1v) is 7.83. The number of aromatic nitrogens is 5. The van der Waals surface area contributed by atoms with E-state index in [0.717, 1.165) is 0 Å². The van der Waals surface area contributed by atoms with Gasteiger partial charge in [0.15, 0.2) is 17.2 Å². The third kappa shape index (κ3) is 2.35. The Hall–Kier alpha value is -3.81. The van der Waals surface area contributed by atoms with Crippen LogP contribution in [0.5, 0.6) is 0 Å². The SMILES string of the molecule is Cn1c(=O)n(-c2ccccc2)c2nc(-c3cccnc3)nc(C(N)=O)c21. The van der Waals surface area contributed by atoms with Crippen LogP contribution in [0.3, 0.4) is 0 Å². The summed E-state index contributed by atoms with van der Waals surface area (Å²) in [4.78, 5) is 37.7. The van der Waals surface area contributed by atoms with Crippen molar-refractivity contribution in [1.29, 1.82) is 0 Å². The fourth-order valence-electron chi connectivity index (χ4n) is 2.85. The van der Waals surface area contributed by atoms with E-state index in [1.165, 1.54) is 9.13 Å². The predicted molar refractivity (Wildman–Crippen MR) is 95.9 cm³/mol. The summed E-state index contributed by atoms with van der Waals surface area (Å²) in [6, 6.07) is 12.6. The zero-order chi connectivity index (χ0) is 18.3. The number of hydrogen-bond donors (Lipinski definition) is 1. The van der Waals surface area contributed by atoms with E-state index in [1.807, 2.05) is 18.2 Å². The molecular weight excluding hydrogens is 332 g/mol. The highest BCUT2D eigenvalue weighted by Gasteiger charge is 2.22. The van der Waals surface area contributed by atoms with E-state index in [2.05, 4.69) is 15.0 Å². The zero-order valence-electron chi connectivity index (χ0n) is 13.8. The molecule has 0 atom stereocenters. The summed E-state index contributed by atoms with van der Waals surface area (Å²) in [5, 5.41) is 0. The first-order chi connectivity index (χ1) is 12.6. The van der Waals surface area contributed by atoms with Gasteiger partial charge in [-0.25, -0.2) is 19.3 Å². The van der Waals surface area contributed by atoms with Gasteiger partial charge in [-0.05, 0) is 24.3 Å². The monoisotopic (exact) mass is 346 g/mol. The maximum absolute atomic E-state index is 12.8. The Morgan fingerprint density at radius 3 is 2.50 bits per heavy atom. The molecule has 3 heterocycles. The second kappa shape index (κ2) is 5.92. The predicted octanol–water partition coefficient (Wildman–Crippen LogP) is 1.28. The van der Waals surface area contributed by atoms with Gasteiger partial charge in [0.25, 0.3) is 5.91 Å². The van der Waals surface area contributed by atoms with Crippen LogP contribution in [0.25, 0.3) is 28.2 Å². The second-order valence-electron chi connectivity index (χ2n) is 5.69. The number of hydrogen-bond acceptors (Lipinski definition) is 5. The van der Waals surface area contributed by atoms with E-state index in [-0.39, 0.29) is 17.2 Å². The first kappa shape index (κ1) is 15.7. The van der Waals surface area contributed by atoms with Crippen LogP contribution < -0.4 is 11.4 Å². The summed E-state index contributed by atoms with van der Waals surface area (Å²) in [5.41, 5.74) is 7.03. The van der Waals surface area contributed by atoms with Gasteiger partial charge in [-0.3, -0.25) is 14.3 Å². The van der Waals surface area contributed by atoms with Crippen molar-refractivity contribution < 1.29 is 4.79 Å². The van der Waals surface area contributed by atoms with Crippen LogP contribution in [-0.4, -0.2) is 30.0 Å². The van der Waals surface area contributed by atoms with E-state index in [9.17, 15) is 9.59 Å². The van der Waals surface area contributed by atoms with Crippen LogP contribution in [0.4, 0.5) is 0 Å². The first-order valence-electron chi connectivity index (χ1n) is 7.83. The summed E-state index contributed by atoms with van der Waals surface area (Å²) < 4.78 is 2.76. The van der Waals surface area contributed by atoms with Gasteiger partial charge in [-0.1, -0.05) is 18.2 Å². The Morgan fingerprint density at radius 2 is 1.85 bits per heavy atom. The van der Waals surface area contributed by atoms with Gasteiger partial charge in [0.2, 0.25) is 0 Å². The van der Waals surface area contributed by atoms with E-state index >= 15 is 0 Å². The van der Waals surface area contributed by atoms with Crippen molar-refractivity contribution in [2.45, 2.75) is 0 Å². The normalized spacial score (nSPS) is 11.0. The molecule has 0 aliphatic carbocycles. The number of pyridine rings is 1. The minimum absolute atomic E-state index is 0.0110. The van der Waals surface area contributed by atoms with Crippen LogP contribution in [0.1, 0.15) is 10.5 Å². The van der Waals surface area contributed by atoms with Crippen LogP contribution in [0.15, 0.2) is 59.7 Å². The number of nitrogens with zero attached hydrogens (tertiary/aromatic N) is 5. The van der Waals surface area contributed by atoms with Crippen LogP contribution >= 0.6 is 0 Å². The number of nitrogens with two attached hydrogens (primary N) is 1. The molecule has 0 saturated heterocycles. The molecule has 0 bridgehead atoms. The molecular formula is C18H14N6O2. The molecule has 8 nitrogen and oxygen atoms in total. The molecule has 0 unspecified atom stereocenters. The summed E-state index contributed by atoms with van der Waals surface area (Å²) >= 11 is 0. The Labute approximate surface area is 147 Å². The molecule has 4 aromatic rings. The number of amides is 1. The van der Waals surface area contributed by atoms with Crippen molar-refractivity contribution in [2.75, 3.05) is 0 Å². The Kier molecular flexibility index (Phi) is 3.58. The third-order valence-corrected chi connectivity index (χ3v) is 4.06. The lowest BCUT2D eigenvalue weighted by atomic mass is 10.2. The van der Waals surface area contributed by atoms with Crippen molar-refractivity contribution in [3.05, 3.63) is 71.0 Å². The van der Waals surface area contributed by atoms with Crippen LogP contribution in [-0.2, 0) is 7.05 Å². The van der Waals surface area contributed by atoms with Crippen molar-refractivity contribution in [2.24, 2.45) is 12.8 Å². The lowest BCUT2D eigenvalue weighted by Crippen LogP contribution is -2.21. The van der Waals surface area contributed by atoms with Gasteiger partial charge >= 0.3 is 5.69 Å². The molecule has 1 aromatic carbocycles. The number of imidazole rings is 1. The topological polar surface area (TPSA) is 109 Å². The summed E-state index contributed by atoms with van der Waals surface area (Å²) in [5.74, 6) is -0.460. The molecule has 2 N–H and O–H groups in total. The lowest BCUT2D eigenvalue weighted by Gasteiger charge is -2.06. The Morgan fingerprint density at radius 1 is 1.08 bits per heavy atom. The van der Waals surface area contributed by atoms with E-state index < -0.39 is 5.91 Å². The van der Waals surface area contributed by atoms with Crippen molar-refractivity contribution in [3.8, 4) is 17.1 Å². The second-order valence-corrected chi connectivity index (χ2v) is 5.69. The average molecular weight is 346 g/mol. The highest BCUT2D eigenvalue weighted by molar-refractivity contribution is 6.02. The fourth-order valence-corrected chi connectivity index (χ4v) is 2.85. The molecule has 0 fully saturated rings. The summed E-state index contributed by atoms with van der Waals surface area (Å²) in [7, 11) is 1.56. The van der Waals surface area contributed by atoms with Gasteiger partial charge < -0.3 is 5.73 Å². The number of carbonyl (C=O) groups is 1. The number of carbonyl (C=O) groups excluding carboxylic acids is 1. The Bertz CT molecular complexity index is 1180. The maximum atomic E-state index is 12.8. The third-order valence-electron chi connectivity index (χ3n) is 4.06.